The molecule has 0 aliphatic rings. The molecule has 0 saturated heterocycles. The van der Waals surface area contributed by atoms with E-state index in [1.165, 1.54) is 0 Å². The Labute approximate surface area is 55.6 Å². The Hall–Kier alpha value is -0.136. The van der Waals surface area contributed by atoms with Gasteiger partial charge in [-0.05, 0) is 12.1 Å². The fraction of sp³-hybridized carbons (Fsp3) is 0. The predicted molar refractivity (Wildman–Crippen MR) is 30.7 cm³/mol. The van der Waals surface area contributed by atoms with Crippen LogP contribution in [-0.2, 0) is 17.1 Å². The molecule has 1 radical (unpaired) electrons. The topological polar surface area (TPSA) is 15.8 Å². The fourth-order valence-electron chi connectivity index (χ4n) is 0.278. The molecular formula is C4H8BCuN. The van der Waals surface area contributed by atoms with Crippen LogP contribution in [0.1, 0.15) is 0 Å². The molecule has 1 N–H and O–H groups in total. The summed E-state index contributed by atoms with van der Waals surface area (Å²) in [5.41, 5.74) is 0. The number of aromatic nitrogens is 1. The summed E-state index contributed by atoms with van der Waals surface area (Å²) in [5.74, 6) is 0. The van der Waals surface area contributed by atoms with E-state index >= 15 is 0 Å². The van der Waals surface area contributed by atoms with Gasteiger partial charge >= 0.3 is 0 Å². The molecular weight excluding hydrogens is 136 g/mol. The second kappa shape index (κ2) is 5.86. The van der Waals surface area contributed by atoms with Crippen molar-refractivity contribution in [2.24, 2.45) is 0 Å². The van der Waals surface area contributed by atoms with Crippen LogP contribution in [0.2, 0.25) is 0 Å². The molecule has 0 unspecified atom stereocenters. The number of hydrogen-bond acceptors (Lipinski definition) is 0. The first-order chi connectivity index (χ1) is 2.50. The van der Waals surface area contributed by atoms with Gasteiger partial charge in [0.05, 0.1) is 8.41 Å². The Morgan fingerprint density at radius 2 is 1.43 bits per heavy atom. The third-order valence-corrected chi connectivity index (χ3v) is 0.496. The Balaban J connectivity index is 0. The van der Waals surface area contributed by atoms with Gasteiger partial charge in [-0.3, -0.25) is 0 Å². The van der Waals surface area contributed by atoms with Crippen LogP contribution in [0.15, 0.2) is 24.5 Å². The largest absolute Gasteiger partial charge is 0.368 e. The van der Waals surface area contributed by atoms with Gasteiger partial charge in [-0.1, -0.05) is 0 Å². The molecule has 0 atom stereocenters. The first kappa shape index (κ1) is 9.98. The number of aromatic amines is 1. The number of nitrogens with one attached hydrogen (secondary N) is 1. The summed E-state index contributed by atoms with van der Waals surface area (Å²) in [4.78, 5) is 2.86. The Bertz CT molecular complexity index is 68.2. The summed E-state index contributed by atoms with van der Waals surface area (Å²) < 4.78 is 0. The van der Waals surface area contributed by atoms with E-state index in [-0.39, 0.29) is 25.5 Å². The average molecular weight is 144 g/mol. The third-order valence-electron chi connectivity index (χ3n) is 0.496. The summed E-state index contributed by atoms with van der Waals surface area (Å²) in [5, 5.41) is 0. The van der Waals surface area contributed by atoms with Crippen LogP contribution in [0, 0.1) is 0 Å². The quantitative estimate of drug-likeness (QED) is 0.487. The van der Waals surface area contributed by atoms with E-state index < -0.39 is 0 Å². The molecule has 1 nitrogen and oxygen atoms in total. The van der Waals surface area contributed by atoms with Crippen LogP contribution >= 0.6 is 0 Å². The van der Waals surface area contributed by atoms with E-state index in [1.54, 1.807) is 0 Å². The minimum absolute atomic E-state index is 0. The van der Waals surface area contributed by atoms with Gasteiger partial charge in [0.15, 0.2) is 0 Å². The molecule has 0 bridgehead atoms. The van der Waals surface area contributed by atoms with Crippen LogP contribution in [-0.4, -0.2) is 13.4 Å². The van der Waals surface area contributed by atoms with Gasteiger partial charge in [-0.25, -0.2) is 0 Å². The molecule has 0 aromatic carbocycles. The standard InChI is InChI=1S/C4H5N.BH3.Cu/c1-2-4-5-3-1;;/h1-5H;1H3;. The zero-order valence-corrected chi connectivity index (χ0v) is 4.05. The third kappa shape index (κ3) is 3.70. The van der Waals surface area contributed by atoms with Gasteiger partial charge in [0.2, 0.25) is 0 Å². The Kier molecular flexibility index (Phi) is 8.36. The van der Waals surface area contributed by atoms with E-state index in [2.05, 4.69) is 4.98 Å². The van der Waals surface area contributed by atoms with E-state index in [9.17, 15) is 0 Å². The molecule has 1 aromatic rings. The van der Waals surface area contributed by atoms with E-state index in [4.69, 9.17) is 0 Å². The first-order valence-corrected chi connectivity index (χ1v) is 1.58. The van der Waals surface area contributed by atoms with Gasteiger partial charge in [0.25, 0.3) is 0 Å². The second-order valence-electron chi connectivity index (χ2n) is 0.885. The minimum Gasteiger partial charge on any atom is -0.368 e. The zero-order chi connectivity index (χ0) is 3.54. The summed E-state index contributed by atoms with van der Waals surface area (Å²) in [6.07, 6.45) is 3.75. The minimum atomic E-state index is 0. The average Bonchev–Trinajstić information content (AvgIpc) is 1.76. The van der Waals surface area contributed by atoms with Crippen LogP contribution < -0.4 is 0 Å². The molecule has 1 rings (SSSR count). The van der Waals surface area contributed by atoms with Gasteiger partial charge in [-0.2, -0.15) is 0 Å². The molecule has 43 valence electrons. The van der Waals surface area contributed by atoms with Gasteiger partial charge in [0, 0.05) is 29.5 Å². The Morgan fingerprint density at radius 3 is 1.57 bits per heavy atom. The van der Waals surface area contributed by atoms with Crippen molar-refractivity contribution < 1.29 is 17.1 Å². The van der Waals surface area contributed by atoms with Crippen molar-refractivity contribution in [1.29, 1.82) is 0 Å². The molecule has 0 amide bonds. The van der Waals surface area contributed by atoms with Crippen molar-refractivity contribution >= 4 is 8.41 Å². The molecule has 7 heavy (non-hydrogen) atoms. The Morgan fingerprint density at radius 1 is 1.00 bits per heavy atom. The molecule has 0 aliphatic heterocycles. The monoisotopic (exact) mass is 144 g/mol. The smallest absolute Gasteiger partial charge is 0.0814 e. The molecule has 0 aliphatic carbocycles. The van der Waals surface area contributed by atoms with Crippen LogP contribution in [0.4, 0.5) is 0 Å². The van der Waals surface area contributed by atoms with Gasteiger partial charge in [-0.15, -0.1) is 0 Å². The van der Waals surface area contributed by atoms with Gasteiger partial charge in [0.1, 0.15) is 0 Å². The van der Waals surface area contributed by atoms with E-state index in [0.29, 0.717) is 0 Å². The molecule has 0 fully saturated rings. The summed E-state index contributed by atoms with van der Waals surface area (Å²) >= 11 is 0. The number of H-pyrrole nitrogens is 1. The number of hydrogen-bond donors (Lipinski definition) is 1. The van der Waals surface area contributed by atoms with Gasteiger partial charge < -0.3 is 4.98 Å². The maximum absolute atomic E-state index is 2.86. The first-order valence-electron chi connectivity index (χ1n) is 1.58. The normalized spacial score (nSPS) is 5.71. The van der Waals surface area contributed by atoms with Crippen molar-refractivity contribution in [2.75, 3.05) is 0 Å². The van der Waals surface area contributed by atoms with Crippen LogP contribution in [0.5, 0.6) is 0 Å². The maximum atomic E-state index is 2.86. The maximum Gasteiger partial charge on any atom is 0.0814 e. The molecule has 1 heterocycles. The molecule has 3 heteroatoms. The summed E-state index contributed by atoms with van der Waals surface area (Å²) in [6.45, 7) is 0. The molecule has 0 spiro atoms. The SMILES string of the molecule is B.[Cu].c1cc[nH]c1. The molecule has 0 saturated carbocycles. The summed E-state index contributed by atoms with van der Waals surface area (Å²) in [7, 11) is 0. The van der Waals surface area contributed by atoms with Crippen molar-refractivity contribution in [3.8, 4) is 0 Å². The van der Waals surface area contributed by atoms with Crippen molar-refractivity contribution in [1.82, 2.24) is 4.98 Å². The van der Waals surface area contributed by atoms with Crippen molar-refractivity contribution in [2.45, 2.75) is 0 Å². The zero-order valence-electron chi connectivity index (χ0n) is 3.11. The predicted octanol–water partition coefficient (Wildman–Crippen LogP) is -0.172. The summed E-state index contributed by atoms with van der Waals surface area (Å²) in [6, 6.07) is 3.89. The molecule has 1 aromatic heterocycles. The number of rotatable bonds is 0. The fourth-order valence-corrected chi connectivity index (χ4v) is 0.278. The van der Waals surface area contributed by atoms with E-state index in [1.807, 2.05) is 24.5 Å². The van der Waals surface area contributed by atoms with E-state index in [0.717, 1.165) is 0 Å². The van der Waals surface area contributed by atoms with Crippen molar-refractivity contribution in [3.05, 3.63) is 24.5 Å². The van der Waals surface area contributed by atoms with Crippen LogP contribution in [0.25, 0.3) is 0 Å². The van der Waals surface area contributed by atoms with Crippen molar-refractivity contribution in [3.63, 3.8) is 0 Å². The second-order valence-corrected chi connectivity index (χ2v) is 0.885. The van der Waals surface area contributed by atoms with Crippen LogP contribution in [0.3, 0.4) is 0 Å².